The van der Waals surface area contributed by atoms with Crippen LogP contribution in [0.4, 0.5) is 5.69 Å². The van der Waals surface area contributed by atoms with E-state index in [9.17, 15) is 0 Å². The lowest BCUT2D eigenvalue weighted by Gasteiger charge is -2.13. The summed E-state index contributed by atoms with van der Waals surface area (Å²) < 4.78 is 5.41. The maximum Gasteiger partial charge on any atom is 0.128 e. The first-order valence-electron chi connectivity index (χ1n) is 6.69. The number of nitrogens with zero attached hydrogens (tertiary/aromatic N) is 2. The molecule has 2 heterocycles. The van der Waals surface area contributed by atoms with Crippen LogP contribution in [0.25, 0.3) is 22.4 Å². The van der Waals surface area contributed by atoms with E-state index in [2.05, 4.69) is 9.97 Å². The number of aromatic nitrogens is 2. The minimum atomic E-state index is 0.517. The lowest BCUT2D eigenvalue weighted by atomic mass is 10.0. The fourth-order valence-corrected chi connectivity index (χ4v) is 2.51. The molecule has 110 valence electrons. The molecule has 3 aromatic rings. The number of methoxy groups -OCH3 is 1. The molecule has 3 rings (SSSR count). The lowest BCUT2D eigenvalue weighted by molar-refractivity contribution is 0.416. The molecule has 0 spiro atoms. The molecule has 0 bridgehead atoms. The van der Waals surface area contributed by atoms with Gasteiger partial charge in [0.15, 0.2) is 0 Å². The maximum atomic E-state index is 6.33. The zero-order valence-electron chi connectivity index (χ0n) is 12.0. The average molecular weight is 312 g/mol. The highest BCUT2D eigenvalue weighted by Crippen LogP contribution is 2.40. The smallest absolute Gasteiger partial charge is 0.128 e. The number of halogens is 1. The van der Waals surface area contributed by atoms with Gasteiger partial charge < -0.3 is 10.5 Å². The summed E-state index contributed by atoms with van der Waals surface area (Å²) in [4.78, 5) is 8.48. The maximum absolute atomic E-state index is 6.33. The third-order valence-corrected chi connectivity index (χ3v) is 3.66. The van der Waals surface area contributed by atoms with Crippen LogP contribution in [0.1, 0.15) is 0 Å². The fourth-order valence-electron chi connectivity index (χ4n) is 2.31. The van der Waals surface area contributed by atoms with Gasteiger partial charge in [0.2, 0.25) is 0 Å². The Balaban J connectivity index is 2.20. The minimum absolute atomic E-state index is 0.517. The second-order valence-electron chi connectivity index (χ2n) is 4.72. The number of hydrogen-bond acceptors (Lipinski definition) is 4. The first kappa shape index (κ1) is 14.4. The van der Waals surface area contributed by atoms with Crippen LogP contribution in [0.2, 0.25) is 5.02 Å². The van der Waals surface area contributed by atoms with E-state index in [0.717, 1.165) is 22.4 Å². The van der Waals surface area contributed by atoms with Crippen molar-refractivity contribution in [1.29, 1.82) is 0 Å². The van der Waals surface area contributed by atoms with E-state index in [4.69, 9.17) is 22.1 Å². The van der Waals surface area contributed by atoms with Crippen LogP contribution in [-0.4, -0.2) is 17.1 Å². The van der Waals surface area contributed by atoms with Crippen molar-refractivity contribution in [1.82, 2.24) is 9.97 Å². The third-order valence-electron chi connectivity index (χ3n) is 3.36. The molecule has 0 aliphatic rings. The van der Waals surface area contributed by atoms with E-state index in [0.29, 0.717) is 16.5 Å². The third kappa shape index (κ3) is 2.61. The molecule has 0 fully saturated rings. The molecule has 2 aromatic heterocycles. The number of hydrogen-bond donors (Lipinski definition) is 1. The number of rotatable bonds is 3. The lowest BCUT2D eigenvalue weighted by Crippen LogP contribution is -1.96. The van der Waals surface area contributed by atoms with Gasteiger partial charge in [0, 0.05) is 41.0 Å². The van der Waals surface area contributed by atoms with Gasteiger partial charge in [-0.05, 0) is 30.3 Å². The number of benzene rings is 1. The molecule has 0 unspecified atom stereocenters. The molecule has 0 saturated heterocycles. The SMILES string of the molecule is COc1cccc(N)c1-c1cc(-c2cccnc2)ncc1Cl. The summed E-state index contributed by atoms with van der Waals surface area (Å²) in [7, 11) is 1.61. The van der Waals surface area contributed by atoms with Gasteiger partial charge in [-0.25, -0.2) is 0 Å². The van der Waals surface area contributed by atoms with Crippen LogP contribution >= 0.6 is 11.6 Å². The van der Waals surface area contributed by atoms with Crippen LogP contribution in [-0.2, 0) is 0 Å². The van der Waals surface area contributed by atoms with E-state index in [-0.39, 0.29) is 0 Å². The highest BCUT2D eigenvalue weighted by atomic mass is 35.5. The molecule has 0 aliphatic heterocycles. The second kappa shape index (κ2) is 6.03. The summed E-state index contributed by atoms with van der Waals surface area (Å²) >= 11 is 6.33. The van der Waals surface area contributed by atoms with E-state index in [1.165, 1.54) is 0 Å². The molecule has 0 saturated carbocycles. The summed E-state index contributed by atoms with van der Waals surface area (Å²) in [6.07, 6.45) is 5.09. The number of nitrogen functional groups attached to an aromatic ring is 1. The number of pyridine rings is 2. The molecule has 1 aromatic carbocycles. The highest BCUT2D eigenvalue weighted by molar-refractivity contribution is 6.33. The van der Waals surface area contributed by atoms with Crippen molar-refractivity contribution < 1.29 is 4.74 Å². The molecule has 5 heteroatoms. The summed E-state index contributed by atoms with van der Waals surface area (Å²) in [5, 5.41) is 0.517. The van der Waals surface area contributed by atoms with Crippen LogP contribution in [0.15, 0.2) is 55.0 Å². The van der Waals surface area contributed by atoms with Crippen molar-refractivity contribution >= 4 is 17.3 Å². The standard InChI is InChI=1S/C17H14ClN3O/c1-22-16-6-2-5-14(19)17(16)12-8-15(21-10-13(12)18)11-4-3-7-20-9-11/h2-10H,19H2,1H3. The molecule has 0 radical (unpaired) electrons. The van der Waals surface area contributed by atoms with Crippen LogP contribution < -0.4 is 10.5 Å². The first-order chi connectivity index (χ1) is 10.7. The molecule has 22 heavy (non-hydrogen) atoms. The Morgan fingerprint density at radius 2 is 2.00 bits per heavy atom. The van der Waals surface area contributed by atoms with Gasteiger partial charge in [-0.3, -0.25) is 9.97 Å². The van der Waals surface area contributed by atoms with Gasteiger partial charge >= 0.3 is 0 Å². The van der Waals surface area contributed by atoms with Gasteiger partial charge in [0.05, 0.1) is 17.8 Å². The van der Waals surface area contributed by atoms with Crippen molar-refractivity contribution in [2.24, 2.45) is 0 Å². The number of nitrogens with two attached hydrogens (primary N) is 1. The van der Waals surface area contributed by atoms with Crippen LogP contribution in [0.5, 0.6) is 5.75 Å². The van der Waals surface area contributed by atoms with Gasteiger partial charge in [0.25, 0.3) is 0 Å². The zero-order valence-corrected chi connectivity index (χ0v) is 12.7. The van der Waals surface area contributed by atoms with Gasteiger partial charge in [-0.1, -0.05) is 17.7 Å². The quantitative estimate of drug-likeness (QED) is 0.741. The Hall–Kier alpha value is -2.59. The Morgan fingerprint density at radius 3 is 2.73 bits per heavy atom. The van der Waals surface area contributed by atoms with Crippen molar-refractivity contribution in [3.63, 3.8) is 0 Å². The first-order valence-corrected chi connectivity index (χ1v) is 7.07. The fraction of sp³-hybridized carbons (Fsp3) is 0.0588. The van der Waals surface area contributed by atoms with Gasteiger partial charge in [-0.15, -0.1) is 0 Å². The Morgan fingerprint density at radius 1 is 1.14 bits per heavy atom. The topological polar surface area (TPSA) is 61.0 Å². The molecular formula is C17H14ClN3O. The normalized spacial score (nSPS) is 10.5. The minimum Gasteiger partial charge on any atom is -0.496 e. The van der Waals surface area contributed by atoms with Crippen LogP contribution in [0.3, 0.4) is 0 Å². The van der Waals surface area contributed by atoms with Crippen molar-refractivity contribution in [2.45, 2.75) is 0 Å². The highest BCUT2D eigenvalue weighted by Gasteiger charge is 2.14. The average Bonchev–Trinajstić information content (AvgIpc) is 2.56. The summed E-state index contributed by atoms with van der Waals surface area (Å²) in [5.74, 6) is 0.672. The Bertz CT molecular complexity index is 806. The predicted octanol–water partition coefficient (Wildman–Crippen LogP) is 4.05. The zero-order chi connectivity index (χ0) is 15.5. The summed E-state index contributed by atoms with van der Waals surface area (Å²) in [6.45, 7) is 0. The number of anilines is 1. The van der Waals surface area contributed by atoms with Crippen LogP contribution in [0, 0.1) is 0 Å². The molecule has 0 atom stereocenters. The van der Waals surface area contributed by atoms with Gasteiger partial charge in [-0.2, -0.15) is 0 Å². The van der Waals surface area contributed by atoms with E-state index in [1.54, 1.807) is 25.7 Å². The van der Waals surface area contributed by atoms with E-state index >= 15 is 0 Å². The summed E-state index contributed by atoms with van der Waals surface area (Å²) in [6, 6.07) is 11.2. The van der Waals surface area contributed by atoms with E-state index in [1.807, 2.05) is 36.4 Å². The van der Waals surface area contributed by atoms with E-state index < -0.39 is 0 Å². The molecule has 2 N–H and O–H groups in total. The summed E-state index contributed by atoms with van der Waals surface area (Å²) in [5.41, 5.74) is 9.95. The Labute approximate surface area is 133 Å². The van der Waals surface area contributed by atoms with Crippen molar-refractivity contribution in [2.75, 3.05) is 12.8 Å². The molecule has 0 amide bonds. The number of ether oxygens (including phenoxy) is 1. The predicted molar refractivity (Wildman–Crippen MR) is 88.9 cm³/mol. The molecule has 0 aliphatic carbocycles. The monoisotopic (exact) mass is 311 g/mol. The largest absolute Gasteiger partial charge is 0.496 e. The molecule has 4 nitrogen and oxygen atoms in total. The van der Waals surface area contributed by atoms with Gasteiger partial charge in [0.1, 0.15) is 5.75 Å². The van der Waals surface area contributed by atoms with Crippen molar-refractivity contribution in [3.8, 4) is 28.1 Å². The van der Waals surface area contributed by atoms with Crippen molar-refractivity contribution in [3.05, 3.63) is 60.0 Å². The Kier molecular flexibility index (Phi) is 3.94. The second-order valence-corrected chi connectivity index (χ2v) is 5.12. The molecular weight excluding hydrogens is 298 g/mol.